The van der Waals surface area contributed by atoms with Crippen molar-refractivity contribution in [2.45, 2.75) is 99.5 Å². The molecule has 506 valence electrons. The van der Waals surface area contributed by atoms with Crippen LogP contribution in [0, 0.1) is 23.7 Å². The summed E-state index contributed by atoms with van der Waals surface area (Å²) in [5.74, 6) is -11.1. The molecule has 26 nitrogen and oxygen atoms in total. The first-order valence-electron chi connectivity index (χ1n) is 31.7. The highest BCUT2D eigenvalue weighted by molar-refractivity contribution is 6.32. The number of fused-ring (bicyclic) bond motifs is 14. The number of phenolic OH excluding ortho intramolecular Hbond substituents is 6. The van der Waals surface area contributed by atoms with Crippen LogP contribution in [0.25, 0.3) is 11.1 Å². The van der Waals surface area contributed by atoms with E-state index in [1.807, 2.05) is 0 Å². The molecule has 21 bridgehead atoms. The van der Waals surface area contributed by atoms with Gasteiger partial charge in [0.05, 0.1) is 15.6 Å². The molecule has 0 unspecified atom stereocenters. The van der Waals surface area contributed by atoms with E-state index in [0.717, 1.165) is 56.0 Å². The number of carbonyl (C=O) groups excluding carboxylic acids is 7. The first kappa shape index (κ1) is 64.8. The van der Waals surface area contributed by atoms with Crippen LogP contribution in [-0.4, -0.2) is 102 Å². The van der Waals surface area contributed by atoms with Gasteiger partial charge in [-0.05, 0) is 174 Å². The minimum atomic E-state index is -2.16. The summed E-state index contributed by atoms with van der Waals surface area (Å²) in [4.78, 5) is 106. The lowest BCUT2D eigenvalue weighted by atomic mass is 9.54. The van der Waals surface area contributed by atoms with E-state index < -0.39 is 136 Å². The van der Waals surface area contributed by atoms with Crippen molar-refractivity contribution >= 4 is 64.6 Å². The number of aliphatic hydroxyl groups is 1. The molecular formula is C70H65Cl2N9O17. The molecule has 17 N–H and O–H groups in total. The number of aromatic hydroxyl groups is 6. The Hall–Kier alpha value is -10.5. The monoisotopic (exact) mass is 1370 g/mol. The fourth-order valence-electron chi connectivity index (χ4n) is 15.1. The molecule has 98 heavy (non-hydrogen) atoms. The highest BCUT2D eigenvalue weighted by Crippen LogP contribution is 2.55. The van der Waals surface area contributed by atoms with E-state index in [4.69, 9.17) is 43.1 Å². The number of hydrogen-bond donors (Lipinski definition) is 16. The highest BCUT2D eigenvalue weighted by atomic mass is 35.5. The maximum absolute atomic E-state index is 16.1. The molecule has 7 aromatic rings. The number of nitrogens with two attached hydrogens (primary N) is 1. The number of phenols is 6. The van der Waals surface area contributed by atoms with Crippen LogP contribution in [-0.2, 0) is 46.5 Å². The molecule has 4 aliphatic carbocycles. The number of benzene rings is 7. The third-order valence-electron chi connectivity index (χ3n) is 19.7. The lowest BCUT2D eigenvalue weighted by Gasteiger charge is -2.54. The summed E-state index contributed by atoms with van der Waals surface area (Å²) < 4.78 is 18.7. The standard InChI is InChI=1S/C70H65Cl2N9O17/c1-74-66(91)59-40-25-47(85)41(26-75-55-33-11-28-10-29(13-33)14-34(55)12-28)62(87)53(40)39-19-31(4-6-45(39)83)56-67(92)81-60(70(95)80-59)61(86)32-5-9-49(43(72)20-32)98-52-23-36-22-51(63(52)88)97-48-8-2-27(15-42(48)71)16-44-64(89)77-57(68(93)79-58(36)69(94)78-56)35-17-37(82)24-38(18-35)96-50-21-30(3-7-46(50)84)54(73)65(90)76-44/h2-9,15,17-25,28-29,33-34,44,54-61,75,82-88H,10-14,16,26,73H2,1H3,(H,74,91)(H,76,90)(H,77,89)(H,78,94)(H,79,93)(H,80,95)(H,81,92)/t28?,29?,33?,34?,44-,54+,55?,56-,57+,58-,59+,60+,61-/m1/s1. The molecule has 28 heteroatoms. The minimum Gasteiger partial charge on any atom is -0.508 e. The second kappa shape index (κ2) is 25.5. The second-order valence-electron chi connectivity index (χ2n) is 26.0. The molecule has 6 aliphatic heterocycles. The molecule has 6 heterocycles. The van der Waals surface area contributed by atoms with Gasteiger partial charge in [-0.15, -0.1) is 0 Å². The van der Waals surface area contributed by atoms with Crippen LogP contribution in [0.1, 0.15) is 113 Å². The number of halogens is 2. The smallest absolute Gasteiger partial charge is 0.248 e. The van der Waals surface area contributed by atoms with E-state index in [-0.39, 0.29) is 102 Å². The quantitative estimate of drug-likeness (QED) is 0.0886. The molecule has 8 atom stereocenters. The third kappa shape index (κ3) is 12.1. The highest BCUT2D eigenvalue weighted by Gasteiger charge is 2.49. The van der Waals surface area contributed by atoms with E-state index in [9.17, 15) is 45.3 Å². The van der Waals surface area contributed by atoms with Crippen LogP contribution in [0.15, 0.2) is 109 Å². The summed E-state index contributed by atoms with van der Waals surface area (Å²) in [6.07, 6.45) is 2.93. The Balaban J connectivity index is 0.950. The Labute approximate surface area is 567 Å². The van der Waals surface area contributed by atoms with Gasteiger partial charge in [0.25, 0.3) is 0 Å². The Morgan fingerprint density at radius 2 is 1.13 bits per heavy atom. The molecule has 0 radical (unpaired) electrons. The largest absolute Gasteiger partial charge is 0.508 e. The van der Waals surface area contributed by atoms with Crippen LogP contribution < -0.4 is 62.5 Å². The zero-order valence-corrected chi connectivity index (χ0v) is 53.4. The van der Waals surface area contributed by atoms with Gasteiger partial charge in [0.15, 0.2) is 23.0 Å². The summed E-state index contributed by atoms with van der Waals surface area (Å²) >= 11 is 13.9. The summed E-state index contributed by atoms with van der Waals surface area (Å²) in [5, 5.41) is 105. The van der Waals surface area contributed by atoms with Gasteiger partial charge in [0.1, 0.15) is 88.6 Å². The Kier molecular flexibility index (Phi) is 16.9. The van der Waals surface area contributed by atoms with Gasteiger partial charge in [-0.3, -0.25) is 33.6 Å². The molecule has 10 aliphatic rings. The molecule has 7 amide bonds. The van der Waals surface area contributed by atoms with Crippen molar-refractivity contribution in [3.63, 3.8) is 0 Å². The van der Waals surface area contributed by atoms with Gasteiger partial charge in [-0.1, -0.05) is 47.5 Å². The Morgan fingerprint density at radius 3 is 1.80 bits per heavy atom. The van der Waals surface area contributed by atoms with Crippen LogP contribution in [0.3, 0.4) is 0 Å². The third-order valence-corrected chi connectivity index (χ3v) is 20.3. The lowest BCUT2D eigenvalue weighted by molar-refractivity contribution is -0.137. The van der Waals surface area contributed by atoms with Gasteiger partial charge in [-0.2, -0.15) is 0 Å². The fourth-order valence-corrected chi connectivity index (χ4v) is 15.6. The lowest BCUT2D eigenvalue weighted by Crippen LogP contribution is -2.55. The Bertz CT molecular complexity index is 4510. The van der Waals surface area contributed by atoms with E-state index in [2.05, 4.69) is 42.5 Å². The molecule has 7 aromatic carbocycles. The summed E-state index contributed by atoms with van der Waals surface area (Å²) in [7, 11) is 1.26. The van der Waals surface area contributed by atoms with E-state index >= 15 is 24.0 Å². The SMILES string of the molecule is CNC(=O)[C@H]1NC(=O)[C@H]2NC(=O)[C@H](NC(=O)[C@@H]3NC(=O)[C@H]4NC(=O)[C@@H](Cc5ccc(c(Cl)c5)Oc5cc3cc(c5O)Oc3ccc(cc3Cl)[C@H]2O)NC(=O)[C@@H](N)c2ccc(O)c(c2)Oc2cc(O)cc4c2)c2ccc(O)c(c2)-c2c1cc(O)c(CNC1C3CC4CC(C3)CC1C4)c2O. The summed E-state index contributed by atoms with van der Waals surface area (Å²) in [6, 6.07) is 8.96. The molecular weight excluding hydrogens is 1310 g/mol. The van der Waals surface area contributed by atoms with Crippen LogP contribution >= 0.6 is 23.2 Å². The van der Waals surface area contributed by atoms with Gasteiger partial charge in [-0.25, -0.2) is 0 Å². The molecule has 0 aromatic heterocycles. The van der Waals surface area contributed by atoms with E-state index in [1.54, 1.807) is 0 Å². The van der Waals surface area contributed by atoms with Crippen molar-refractivity contribution in [1.29, 1.82) is 0 Å². The van der Waals surface area contributed by atoms with Crippen molar-refractivity contribution < 1.29 is 83.5 Å². The van der Waals surface area contributed by atoms with Crippen molar-refractivity contribution in [2.24, 2.45) is 29.4 Å². The first-order chi connectivity index (χ1) is 46.9. The topological polar surface area (TPSA) is 411 Å². The molecule has 0 saturated heterocycles. The zero-order valence-electron chi connectivity index (χ0n) is 51.9. The average Bonchev–Trinajstić information content (AvgIpc) is 0.766. The van der Waals surface area contributed by atoms with Crippen molar-refractivity contribution in [1.82, 2.24) is 42.5 Å². The Morgan fingerprint density at radius 1 is 0.541 bits per heavy atom. The number of carbonyl (C=O) groups is 7. The van der Waals surface area contributed by atoms with E-state index in [1.165, 1.54) is 92.3 Å². The second-order valence-corrected chi connectivity index (χ2v) is 26.8. The number of ether oxygens (including phenoxy) is 3. The summed E-state index contributed by atoms with van der Waals surface area (Å²) in [6.45, 7) is -0.0922. The van der Waals surface area contributed by atoms with Crippen LogP contribution in [0.5, 0.6) is 69.0 Å². The van der Waals surface area contributed by atoms with Gasteiger partial charge in [0, 0.05) is 43.2 Å². The van der Waals surface area contributed by atoms with Gasteiger partial charge < -0.3 is 98.2 Å². The van der Waals surface area contributed by atoms with Crippen molar-refractivity contribution in [3.05, 3.63) is 164 Å². The predicted octanol–water partition coefficient (Wildman–Crippen LogP) is 6.56. The molecule has 0 spiro atoms. The van der Waals surface area contributed by atoms with Gasteiger partial charge in [0.2, 0.25) is 47.1 Å². The average molecular weight is 1380 g/mol. The minimum absolute atomic E-state index is 0.0404. The van der Waals surface area contributed by atoms with Crippen LogP contribution in [0.2, 0.25) is 10.0 Å². The van der Waals surface area contributed by atoms with Gasteiger partial charge >= 0.3 is 0 Å². The number of nitrogens with one attached hydrogen (secondary N) is 8. The molecule has 4 fully saturated rings. The zero-order chi connectivity index (χ0) is 68.9. The fraction of sp³-hybridized carbons (Fsp3) is 0.300. The molecule has 4 saturated carbocycles. The maximum Gasteiger partial charge on any atom is 0.248 e. The number of likely N-dealkylation sites (N-methyl/N-ethyl adjacent to an activating group) is 1. The number of rotatable bonds is 4. The molecule has 17 rings (SSSR count). The number of hydrogen-bond acceptors (Lipinski definition) is 19. The number of amides is 7. The summed E-state index contributed by atoms with van der Waals surface area (Å²) in [5.41, 5.74) is 5.19. The first-order valence-corrected chi connectivity index (χ1v) is 32.5. The van der Waals surface area contributed by atoms with Crippen molar-refractivity contribution in [2.75, 3.05) is 7.05 Å². The maximum atomic E-state index is 16.1. The van der Waals surface area contributed by atoms with E-state index in [0.29, 0.717) is 29.2 Å². The normalized spacial score (nSPS) is 26.3. The van der Waals surface area contributed by atoms with Crippen LogP contribution in [0.4, 0.5) is 0 Å². The van der Waals surface area contributed by atoms with Crippen molar-refractivity contribution in [3.8, 4) is 80.1 Å². The predicted molar refractivity (Wildman–Crippen MR) is 349 cm³/mol. The number of aliphatic hydroxyl groups excluding tert-OH is 1.